The van der Waals surface area contributed by atoms with Gasteiger partial charge in [-0.05, 0) is 37.8 Å². The summed E-state index contributed by atoms with van der Waals surface area (Å²) in [6.45, 7) is 1.65. The van der Waals surface area contributed by atoms with Gasteiger partial charge >= 0.3 is 0 Å². The summed E-state index contributed by atoms with van der Waals surface area (Å²) in [6, 6.07) is 6.44. The molecule has 6 heteroatoms. The molecule has 1 atom stereocenters. The second-order valence-electron chi connectivity index (χ2n) is 7.20. The van der Waals surface area contributed by atoms with E-state index in [-0.39, 0.29) is 6.10 Å². The number of anilines is 2. The Morgan fingerprint density at radius 2 is 2.00 bits per heavy atom. The van der Waals surface area contributed by atoms with Crippen LogP contribution in [0.15, 0.2) is 30.6 Å². The molecule has 26 heavy (non-hydrogen) atoms. The number of aromatic nitrogens is 3. The van der Waals surface area contributed by atoms with Crippen molar-refractivity contribution < 1.29 is 4.74 Å². The van der Waals surface area contributed by atoms with E-state index in [9.17, 15) is 0 Å². The Bertz CT molecular complexity index is 697. The number of ether oxygens (including phenoxy) is 1. The van der Waals surface area contributed by atoms with E-state index in [1.54, 1.807) is 6.20 Å². The highest BCUT2D eigenvalue weighted by molar-refractivity contribution is 5.63. The molecule has 2 aliphatic rings. The van der Waals surface area contributed by atoms with E-state index in [0.717, 1.165) is 43.1 Å². The molecule has 3 heterocycles. The summed E-state index contributed by atoms with van der Waals surface area (Å²) in [5, 5.41) is 6.98. The molecule has 6 nitrogen and oxygen atoms in total. The summed E-state index contributed by atoms with van der Waals surface area (Å²) < 4.78 is 5.71. The van der Waals surface area contributed by atoms with E-state index in [1.807, 2.05) is 24.4 Å². The number of nitrogens with one attached hydrogen (secondary N) is 2. The fourth-order valence-electron chi connectivity index (χ4n) is 3.72. The molecule has 1 aliphatic heterocycles. The lowest BCUT2D eigenvalue weighted by Gasteiger charge is -2.23. The molecule has 2 aromatic rings. The third kappa shape index (κ3) is 4.49. The molecule has 2 aromatic heterocycles. The molecule has 0 radical (unpaired) electrons. The smallest absolute Gasteiger partial charge is 0.225 e. The van der Waals surface area contributed by atoms with Crippen LogP contribution in [-0.4, -0.2) is 40.2 Å². The van der Waals surface area contributed by atoms with Crippen LogP contribution in [0.25, 0.3) is 11.3 Å². The van der Waals surface area contributed by atoms with Crippen molar-refractivity contribution in [3.8, 4) is 11.3 Å². The predicted octanol–water partition coefficient (Wildman–Crippen LogP) is 3.87. The predicted molar refractivity (Wildman–Crippen MR) is 103 cm³/mol. The van der Waals surface area contributed by atoms with E-state index in [4.69, 9.17) is 14.7 Å². The first-order valence-electron chi connectivity index (χ1n) is 9.78. The average Bonchev–Trinajstić information content (AvgIpc) is 3.21. The molecule has 0 spiro atoms. The summed E-state index contributed by atoms with van der Waals surface area (Å²) in [5.41, 5.74) is 1.89. The molecular weight excluding hydrogens is 326 g/mol. The lowest BCUT2D eigenvalue weighted by molar-refractivity contribution is 0.120. The Morgan fingerprint density at radius 3 is 2.77 bits per heavy atom. The Labute approximate surface area is 154 Å². The van der Waals surface area contributed by atoms with Gasteiger partial charge in [-0.3, -0.25) is 4.98 Å². The van der Waals surface area contributed by atoms with Crippen molar-refractivity contribution in [3.63, 3.8) is 0 Å². The zero-order valence-corrected chi connectivity index (χ0v) is 15.2. The van der Waals surface area contributed by atoms with E-state index in [0.29, 0.717) is 12.0 Å². The SMILES string of the molecule is c1cncc(-c2cc(NC[C@H]3CCCO3)nc(NC3CCCCC3)n2)c1. The first-order valence-corrected chi connectivity index (χ1v) is 9.78. The zero-order valence-electron chi connectivity index (χ0n) is 15.2. The van der Waals surface area contributed by atoms with Crippen molar-refractivity contribution in [1.82, 2.24) is 15.0 Å². The Kier molecular flexibility index (Phi) is 5.59. The lowest BCUT2D eigenvalue weighted by atomic mass is 9.96. The van der Waals surface area contributed by atoms with Gasteiger partial charge in [0, 0.05) is 43.2 Å². The van der Waals surface area contributed by atoms with Gasteiger partial charge in [-0.25, -0.2) is 4.98 Å². The third-order valence-corrected chi connectivity index (χ3v) is 5.16. The fourth-order valence-corrected chi connectivity index (χ4v) is 3.72. The Balaban J connectivity index is 1.54. The highest BCUT2D eigenvalue weighted by Crippen LogP contribution is 2.24. The lowest BCUT2D eigenvalue weighted by Crippen LogP contribution is -2.24. The van der Waals surface area contributed by atoms with Gasteiger partial charge in [0.15, 0.2) is 0 Å². The zero-order chi connectivity index (χ0) is 17.6. The number of hydrogen-bond donors (Lipinski definition) is 2. The van der Waals surface area contributed by atoms with Crippen LogP contribution in [0.5, 0.6) is 0 Å². The molecule has 1 aliphatic carbocycles. The molecule has 4 rings (SSSR count). The van der Waals surface area contributed by atoms with Crippen LogP contribution in [0.4, 0.5) is 11.8 Å². The molecule has 138 valence electrons. The number of hydrogen-bond acceptors (Lipinski definition) is 6. The highest BCUT2D eigenvalue weighted by Gasteiger charge is 2.17. The molecule has 1 saturated carbocycles. The molecule has 1 saturated heterocycles. The van der Waals surface area contributed by atoms with Crippen molar-refractivity contribution in [3.05, 3.63) is 30.6 Å². The highest BCUT2D eigenvalue weighted by atomic mass is 16.5. The van der Waals surface area contributed by atoms with Crippen LogP contribution in [0.2, 0.25) is 0 Å². The number of rotatable bonds is 6. The maximum absolute atomic E-state index is 5.71. The van der Waals surface area contributed by atoms with Crippen LogP contribution in [-0.2, 0) is 4.74 Å². The second kappa shape index (κ2) is 8.45. The van der Waals surface area contributed by atoms with Crippen molar-refractivity contribution in [1.29, 1.82) is 0 Å². The van der Waals surface area contributed by atoms with Gasteiger partial charge < -0.3 is 15.4 Å². The minimum atomic E-state index is 0.279. The van der Waals surface area contributed by atoms with Gasteiger partial charge in [0.05, 0.1) is 11.8 Å². The van der Waals surface area contributed by atoms with Crippen LogP contribution in [0.3, 0.4) is 0 Å². The summed E-state index contributed by atoms with van der Waals surface area (Å²) in [5.74, 6) is 1.54. The Hall–Kier alpha value is -2.21. The van der Waals surface area contributed by atoms with Crippen molar-refractivity contribution in [2.24, 2.45) is 0 Å². The van der Waals surface area contributed by atoms with E-state index in [1.165, 1.54) is 32.1 Å². The van der Waals surface area contributed by atoms with Gasteiger partial charge in [-0.15, -0.1) is 0 Å². The van der Waals surface area contributed by atoms with Crippen LogP contribution in [0.1, 0.15) is 44.9 Å². The second-order valence-corrected chi connectivity index (χ2v) is 7.20. The van der Waals surface area contributed by atoms with Gasteiger partial charge in [-0.2, -0.15) is 4.98 Å². The standard InChI is InChI=1S/C20H27N5O/c1-2-7-16(8-3-1)23-20-24-18(15-6-4-10-21-13-15)12-19(25-20)22-14-17-9-5-11-26-17/h4,6,10,12-13,16-17H,1-3,5,7-9,11,14H2,(H2,22,23,24,25)/t17-/m1/s1. The van der Waals surface area contributed by atoms with E-state index < -0.39 is 0 Å². The summed E-state index contributed by atoms with van der Waals surface area (Å²) in [6.07, 6.45) is 12.4. The van der Waals surface area contributed by atoms with E-state index >= 15 is 0 Å². The van der Waals surface area contributed by atoms with Crippen LogP contribution >= 0.6 is 0 Å². The maximum Gasteiger partial charge on any atom is 0.225 e. The van der Waals surface area contributed by atoms with Crippen LogP contribution < -0.4 is 10.6 Å². The summed E-state index contributed by atoms with van der Waals surface area (Å²) in [7, 11) is 0. The van der Waals surface area contributed by atoms with Crippen molar-refractivity contribution in [2.45, 2.75) is 57.1 Å². The first-order chi connectivity index (χ1) is 12.9. The number of nitrogens with zero attached hydrogens (tertiary/aromatic N) is 3. The molecule has 0 aromatic carbocycles. The molecule has 2 N–H and O–H groups in total. The minimum Gasteiger partial charge on any atom is -0.376 e. The van der Waals surface area contributed by atoms with Crippen LogP contribution in [0, 0.1) is 0 Å². The molecule has 0 bridgehead atoms. The van der Waals surface area contributed by atoms with E-state index in [2.05, 4.69) is 15.6 Å². The molecule has 2 fully saturated rings. The average molecular weight is 353 g/mol. The molecule has 0 amide bonds. The topological polar surface area (TPSA) is 72.0 Å². The Morgan fingerprint density at radius 1 is 1.08 bits per heavy atom. The maximum atomic E-state index is 5.71. The normalized spacial score (nSPS) is 20.8. The minimum absolute atomic E-state index is 0.279. The molecule has 0 unspecified atom stereocenters. The summed E-state index contributed by atoms with van der Waals surface area (Å²) in [4.78, 5) is 13.7. The van der Waals surface area contributed by atoms with Gasteiger partial charge in [0.1, 0.15) is 5.82 Å². The number of pyridine rings is 1. The third-order valence-electron chi connectivity index (χ3n) is 5.16. The first kappa shape index (κ1) is 17.2. The molecular formula is C20H27N5O. The van der Waals surface area contributed by atoms with Gasteiger partial charge in [0.2, 0.25) is 5.95 Å². The quantitative estimate of drug-likeness (QED) is 0.821. The van der Waals surface area contributed by atoms with Gasteiger partial charge in [0.25, 0.3) is 0 Å². The summed E-state index contributed by atoms with van der Waals surface area (Å²) >= 11 is 0. The van der Waals surface area contributed by atoms with Gasteiger partial charge in [-0.1, -0.05) is 19.3 Å². The van der Waals surface area contributed by atoms with Crippen molar-refractivity contribution in [2.75, 3.05) is 23.8 Å². The van der Waals surface area contributed by atoms with Crippen molar-refractivity contribution >= 4 is 11.8 Å². The monoisotopic (exact) mass is 353 g/mol. The largest absolute Gasteiger partial charge is 0.376 e. The fraction of sp³-hybridized carbons (Fsp3) is 0.550.